The first-order chi connectivity index (χ1) is 13.9. The Morgan fingerprint density at radius 2 is 1.83 bits per heavy atom. The highest BCUT2D eigenvalue weighted by Crippen LogP contribution is 2.15. The molecule has 3 rings (SSSR count). The second kappa shape index (κ2) is 9.66. The molecule has 3 N–H and O–H groups in total. The highest BCUT2D eigenvalue weighted by Gasteiger charge is 2.22. The van der Waals surface area contributed by atoms with Crippen molar-refractivity contribution in [3.63, 3.8) is 0 Å². The summed E-state index contributed by atoms with van der Waals surface area (Å²) in [5.74, 6) is 0.628. The zero-order valence-corrected chi connectivity index (χ0v) is 17.2. The van der Waals surface area contributed by atoms with Crippen molar-refractivity contribution < 1.29 is 13.2 Å². The molecule has 1 aromatic heterocycles. The third kappa shape index (κ3) is 6.40. The Hall–Kier alpha value is -2.72. The van der Waals surface area contributed by atoms with Crippen molar-refractivity contribution in [1.82, 2.24) is 25.3 Å². The van der Waals surface area contributed by atoms with Gasteiger partial charge in [0.05, 0.1) is 5.75 Å². The summed E-state index contributed by atoms with van der Waals surface area (Å²) in [6.07, 6.45) is 5.10. The second-order valence-electron chi connectivity index (χ2n) is 6.92. The van der Waals surface area contributed by atoms with Crippen LogP contribution >= 0.6 is 0 Å². The average Bonchev–Trinajstić information content (AvgIpc) is 2.73. The normalized spacial score (nSPS) is 15.1. The van der Waals surface area contributed by atoms with Crippen LogP contribution in [0.5, 0.6) is 0 Å². The number of carbonyl (C=O) groups is 1. The molecule has 2 amide bonds. The average molecular weight is 419 g/mol. The summed E-state index contributed by atoms with van der Waals surface area (Å²) < 4.78 is 25.7. The lowest BCUT2D eigenvalue weighted by atomic mass is 10.1. The molecular formula is C19H26N6O3S. The van der Waals surface area contributed by atoms with E-state index in [0.717, 1.165) is 37.4 Å². The fourth-order valence-corrected chi connectivity index (χ4v) is 3.98. The van der Waals surface area contributed by atoms with Gasteiger partial charge in [-0.15, -0.1) is 0 Å². The molecule has 29 heavy (non-hydrogen) atoms. The topological polar surface area (TPSA) is 116 Å². The van der Waals surface area contributed by atoms with E-state index in [2.05, 4.69) is 30.2 Å². The Labute approximate surface area is 171 Å². The molecule has 10 heteroatoms. The Morgan fingerprint density at radius 3 is 2.52 bits per heavy atom. The summed E-state index contributed by atoms with van der Waals surface area (Å²) >= 11 is 0. The van der Waals surface area contributed by atoms with E-state index in [1.807, 2.05) is 6.07 Å². The zero-order chi connectivity index (χ0) is 20.7. The van der Waals surface area contributed by atoms with E-state index in [1.165, 1.54) is 7.05 Å². The van der Waals surface area contributed by atoms with Gasteiger partial charge >= 0.3 is 6.03 Å². The fourth-order valence-electron chi connectivity index (χ4n) is 3.22. The molecule has 0 saturated carbocycles. The predicted molar refractivity (Wildman–Crippen MR) is 111 cm³/mol. The van der Waals surface area contributed by atoms with Gasteiger partial charge in [0, 0.05) is 38.1 Å². The maximum absolute atomic E-state index is 12.2. The van der Waals surface area contributed by atoms with E-state index in [1.54, 1.807) is 36.7 Å². The number of amides is 2. The highest BCUT2D eigenvalue weighted by atomic mass is 32.2. The minimum atomic E-state index is -3.33. The minimum Gasteiger partial charge on any atom is -0.341 e. The monoisotopic (exact) mass is 418 g/mol. The van der Waals surface area contributed by atoms with E-state index >= 15 is 0 Å². The van der Waals surface area contributed by atoms with E-state index in [-0.39, 0.29) is 17.8 Å². The Bertz CT molecular complexity index is 915. The highest BCUT2D eigenvalue weighted by molar-refractivity contribution is 7.88. The number of benzene rings is 1. The zero-order valence-electron chi connectivity index (χ0n) is 16.3. The molecular weight excluding hydrogens is 392 g/mol. The number of nitrogens with one attached hydrogen (secondary N) is 3. The third-order valence-corrected chi connectivity index (χ3v) is 6.11. The predicted octanol–water partition coefficient (Wildman–Crippen LogP) is 0.994. The summed E-state index contributed by atoms with van der Waals surface area (Å²) in [7, 11) is -1.94. The maximum Gasteiger partial charge on any atom is 0.315 e. The van der Waals surface area contributed by atoms with Crippen LogP contribution in [0.4, 0.5) is 10.7 Å². The Balaban J connectivity index is 1.44. The van der Waals surface area contributed by atoms with Gasteiger partial charge in [0.2, 0.25) is 16.0 Å². The number of aromatic nitrogens is 2. The van der Waals surface area contributed by atoms with Crippen molar-refractivity contribution in [2.45, 2.75) is 31.2 Å². The van der Waals surface area contributed by atoms with Crippen LogP contribution in [0.25, 0.3) is 0 Å². The third-order valence-electron chi connectivity index (χ3n) is 4.78. The first-order valence-corrected chi connectivity index (χ1v) is 11.2. The van der Waals surface area contributed by atoms with Crippen molar-refractivity contribution in [3.8, 4) is 0 Å². The lowest BCUT2D eigenvalue weighted by Gasteiger charge is -2.32. The number of carbonyl (C=O) groups excluding carboxylic acids is 1. The van der Waals surface area contributed by atoms with Crippen LogP contribution in [0.2, 0.25) is 0 Å². The summed E-state index contributed by atoms with van der Waals surface area (Å²) in [4.78, 5) is 22.9. The number of anilines is 1. The van der Waals surface area contributed by atoms with Crippen LogP contribution in [-0.2, 0) is 22.3 Å². The van der Waals surface area contributed by atoms with Crippen molar-refractivity contribution in [2.24, 2.45) is 0 Å². The number of piperidine rings is 1. The van der Waals surface area contributed by atoms with Crippen LogP contribution in [0.1, 0.15) is 24.0 Å². The largest absolute Gasteiger partial charge is 0.341 e. The summed E-state index contributed by atoms with van der Waals surface area (Å²) in [6, 6.07) is 8.84. The van der Waals surface area contributed by atoms with Gasteiger partial charge < -0.3 is 15.5 Å². The molecule has 0 bridgehead atoms. The van der Waals surface area contributed by atoms with Crippen molar-refractivity contribution in [2.75, 3.05) is 25.0 Å². The summed E-state index contributed by atoms with van der Waals surface area (Å²) in [6.45, 7) is 1.91. The smallest absolute Gasteiger partial charge is 0.315 e. The van der Waals surface area contributed by atoms with E-state index in [9.17, 15) is 13.2 Å². The van der Waals surface area contributed by atoms with E-state index < -0.39 is 10.0 Å². The van der Waals surface area contributed by atoms with Crippen LogP contribution in [-0.4, -0.2) is 50.6 Å². The number of nitrogens with zero attached hydrogens (tertiary/aromatic N) is 3. The van der Waals surface area contributed by atoms with Gasteiger partial charge in [0.15, 0.2) is 0 Å². The molecule has 156 valence electrons. The van der Waals surface area contributed by atoms with E-state index in [0.29, 0.717) is 12.1 Å². The van der Waals surface area contributed by atoms with Crippen LogP contribution < -0.4 is 20.3 Å². The molecule has 1 saturated heterocycles. The summed E-state index contributed by atoms with van der Waals surface area (Å²) in [5.41, 5.74) is 1.52. The maximum atomic E-state index is 12.2. The van der Waals surface area contributed by atoms with Crippen molar-refractivity contribution >= 4 is 22.0 Å². The lowest BCUT2D eigenvalue weighted by Crippen LogP contribution is -2.48. The van der Waals surface area contributed by atoms with Gasteiger partial charge in [-0.05, 0) is 37.1 Å². The number of rotatable bonds is 7. The molecule has 1 aliphatic rings. The number of hydrogen-bond acceptors (Lipinski definition) is 6. The van der Waals surface area contributed by atoms with Crippen LogP contribution in [0.15, 0.2) is 42.7 Å². The van der Waals surface area contributed by atoms with Gasteiger partial charge in [-0.1, -0.05) is 24.3 Å². The lowest BCUT2D eigenvalue weighted by molar-refractivity contribution is 0.234. The standard InChI is InChI=1S/C19H26N6O3S/c1-20-29(27,28)14-16-5-2-4-15(12-16)13-23-19(26)24-17-6-10-25(11-7-17)18-21-8-3-9-22-18/h2-5,8-9,12,17,20H,6-7,10-11,13-14H2,1H3,(H2,23,24,26). The number of urea groups is 1. The number of sulfonamides is 1. The molecule has 0 unspecified atom stereocenters. The SMILES string of the molecule is CNS(=O)(=O)Cc1cccc(CNC(=O)NC2CCN(c3ncccn3)CC2)c1. The van der Waals surface area contributed by atoms with Gasteiger partial charge in [-0.2, -0.15) is 0 Å². The first kappa shape index (κ1) is 21.0. The Morgan fingerprint density at radius 1 is 1.14 bits per heavy atom. The van der Waals surface area contributed by atoms with Crippen molar-refractivity contribution in [3.05, 3.63) is 53.9 Å². The second-order valence-corrected chi connectivity index (χ2v) is 8.85. The van der Waals surface area contributed by atoms with Crippen molar-refractivity contribution in [1.29, 1.82) is 0 Å². The van der Waals surface area contributed by atoms with Gasteiger partial charge in [-0.25, -0.2) is 27.9 Å². The molecule has 9 nitrogen and oxygen atoms in total. The van der Waals surface area contributed by atoms with Crippen LogP contribution in [0.3, 0.4) is 0 Å². The molecule has 0 aliphatic carbocycles. The van der Waals surface area contributed by atoms with E-state index in [4.69, 9.17) is 0 Å². The molecule has 0 spiro atoms. The molecule has 1 fully saturated rings. The fraction of sp³-hybridized carbons (Fsp3) is 0.421. The first-order valence-electron chi connectivity index (χ1n) is 9.50. The molecule has 1 aromatic carbocycles. The molecule has 0 atom stereocenters. The van der Waals surface area contributed by atoms with Crippen LogP contribution in [0, 0.1) is 0 Å². The molecule has 2 heterocycles. The van der Waals surface area contributed by atoms with Gasteiger partial charge in [0.25, 0.3) is 0 Å². The molecule has 0 radical (unpaired) electrons. The van der Waals surface area contributed by atoms with Gasteiger partial charge in [-0.3, -0.25) is 0 Å². The number of hydrogen-bond donors (Lipinski definition) is 3. The minimum absolute atomic E-state index is 0.0900. The van der Waals surface area contributed by atoms with Gasteiger partial charge in [0.1, 0.15) is 0 Å². The summed E-state index contributed by atoms with van der Waals surface area (Å²) in [5, 5.41) is 5.84. The molecule has 1 aliphatic heterocycles. The Kier molecular flexibility index (Phi) is 6.99. The molecule has 2 aromatic rings. The quantitative estimate of drug-likeness (QED) is 0.618.